The van der Waals surface area contributed by atoms with Gasteiger partial charge in [0.2, 0.25) is 0 Å². The SMILES string of the molecule is CC(=O)O[SiH](C)c1cccc2cc3ccccc3cc12. The zero-order valence-electron chi connectivity index (χ0n) is 11.6. The molecule has 0 saturated carbocycles. The van der Waals surface area contributed by atoms with Gasteiger partial charge in [0.05, 0.1) is 0 Å². The van der Waals surface area contributed by atoms with E-state index in [4.69, 9.17) is 4.43 Å². The molecule has 100 valence electrons. The van der Waals surface area contributed by atoms with Gasteiger partial charge in [-0.2, -0.15) is 0 Å². The summed E-state index contributed by atoms with van der Waals surface area (Å²) in [5.74, 6) is -0.193. The molecular weight excluding hydrogens is 264 g/mol. The van der Waals surface area contributed by atoms with Crippen LogP contribution >= 0.6 is 0 Å². The topological polar surface area (TPSA) is 26.3 Å². The molecule has 0 spiro atoms. The Labute approximate surface area is 119 Å². The third kappa shape index (κ3) is 2.32. The first kappa shape index (κ1) is 12.9. The summed E-state index contributed by atoms with van der Waals surface area (Å²) in [4.78, 5) is 11.2. The second-order valence-electron chi connectivity index (χ2n) is 5.02. The van der Waals surface area contributed by atoms with Crippen molar-refractivity contribution in [3.05, 3.63) is 54.6 Å². The number of hydrogen-bond acceptors (Lipinski definition) is 2. The third-order valence-electron chi connectivity index (χ3n) is 3.56. The highest BCUT2D eigenvalue weighted by Crippen LogP contribution is 2.22. The predicted octanol–water partition coefficient (Wildman–Crippen LogP) is 3.12. The van der Waals surface area contributed by atoms with E-state index in [0.717, 1.165) is 0 Å². The maximum absolute atomic E-state index is 11.2. The van der Waals surface area contributed by atoms with E-state index in [1.807, 2.05) is 24.7 Å². The van der Waals surface area contributed by atoms with Crippen molar-refractivity contribution in [3.63, 3.8) is 0 Å². The van der Waals surface area contributed by atoms with Gasteiger partial charge >= 0.3 is 0 Å². The molecular formula is C17H16O2Si. The Bertz CT molecular complexity index is 795. The fourth-order valence-corrected chi connectivity index (χ4v) is 4.35. The van der Waals surface area contributed by atoms with Crippen molar-refractivity contribution in [1.29, 1.82) is 0 Å². The summed E-state index contributed by atoms with van der Waals surface area (Å²) in [6.45, 7) is 3.52. The Morgan fingerprint density at radius 3 is 2.30 bits per heavy atom. The highest BCUT2D eigenvalue weighted by Gasteiger charge is 2.14. The van der Waals surface area contributed by atoms with Crippen LogP contribution in [-0.4, -0.2) is 15.0 Å². The minimum atomic E-state index is -1.70. The average Bonchev–Trinajstić information content (AvgIpc) is 2.43. The summed E-state index contributed by atoms with van der Waals surface area (Å²) in [6.07, 6.45) is 0. The molecule has 3 aromatic rings. The highest BCUT2D eigenvalue weighted by atomic mass is 28.3. The van der Waals surface area contributed by atoms with E-state index in [0.29, 0.717) is 0 Å². The molecule has 3 heteroatoms. The van der Waals surface area contributed by atoms with Gasteiger partial charge in [0.25, 0.3) is 15.0 Å². The molecule has 0 amide bonds. The van der Waals surface area contributed by atoms with E-state index in [9.17, 15) is 4.79 Å². The Balaban J connectivity index is 2.22. The van der Waals surface area contributed by atoms with E-state index < -0.39 is 9.04 Å². The Hall–Kier alpha value is -2.13. The van der Waals surface area contributed by atoms with Crippen LogP contribution in [0.2, 0.25) is 6.55 Å². The normalized spacial score (nSPS) is 12.5. The largest absolute Gasteiger partial charge is 0.518 e. The van der Waals surface area contributed by atoms with Gasteiger partial charge in [-0.05, 0) is 45.4 Å². The minimum Gasteiger partial charge on any atom is -0.518 e. The van der Waals surface area contributed by atoms with Crippen molar-refractivity contribution < 1.29 is 9.22 Å². The second kappa shape index (κ2) is 5.10. The molecule has 3 rings (SSSR count). The first-order valence-electron chi connectivity index (χ1n) is 6.74. The fraction of sp³-hybridized carbons (Fsp3) is 0.118. The maximum atomic E-state index is 11.2. The third-order valence-corrected chi connectivity index (χ3v) is 5.63. The van der Waals surface area contributed by atoms with Crippen molar-refractivity contribution in [3.8, 4) is 0 Å². The zero-order chi connectivity index (χ0) is 14.1. The van der Waals surface area contributed by atoms with Crippen molar-refractivity contribution in [2.45, 2.75) is 13.5 Å². The second-order valence-corrected chi connectivity index (χ2v) is 7.16. The van der Waals surface area contributed by atoms with E-state index in [-0.39, 0.29) is 5.97 Å². The van der Waals surface area contributed by atoms with Gasteiger partial charge in [-0.1, -0.05) is 42.5 Å². The standard InChI is InChI=1S/C17H16O2Si/c1-12(18)19-20(2)17-9-5-8-15-10-13-6-3-4-7-14(13)11-16(15)17/h3-11,20H,1-2H3. The van der Waals surface area contributed by atoms with Crippen LogP contribution in [0, 0.1) is 0 Å². The molecule has 2 nitrogen and oxygen atoms in total. The van der Waals surface area contributed by atoms with Crippen LogP contribution in [0.15, 0.2) is 54.6 Å². The lowest BCUT2D eigenvalue weighted by Crippen LogP contribution is -2.32. The molecule has 3 aromatic carbocycles. The molecule has 0 saturated heterocycles. The lowest BCUT2D eigenvalue weighted by molar-refractivity contribution is -0.132. The Morgan fingerprint density at radius 1 is 0.950 bits per heavy atom. The molecule has 1 atom stereocenters. The van der Waals surface area contributed by atoms with Crippen LogP contribution < -0.4 is 5.19 Å². The summed E-state index contributed by atoms with van der Waals surface area (Å²) < 4.78 is 5.46. The van der Waals surface area contributed by atoms with E-state index >= 15 is 0 Å². The van der Waals surface area contributed by atoms with Gasteiger partial charge in [0.15, 0.2) is 0 Å². The molecule has 0 radical (unpaired) electrons. The summed E-state index contributed by atoms with van der Waals surface area (Å²) >= 11 is 0. The number of carbonyl (C=O) groups is 1. The van der Waals surface area contributed by atoms with Crippen LogP contribution in [0.3, 0.4) is 0 Å². The molecule has 0 N–H and O–H groups in total. The number of carbonyl (C=O) groups excluding carboxylic acids is 1. The fourth-order valence-electron chi connectivity index (χ4n) is 2.66. The van der Waals surface area contributed by atoms with Gasteiger partial charge in [-0.3, -0.25) is 4.79 Å². The summed E-state index contributed by atoms with van der Waals surface area (Å²) in [7, 11) is -1.70. The van der Waals surface area contributed by atoms with Crippen molar-refractivity contribution in [1.82, 2.24) is 0 Å². The van der Waals surface area contributed by atoms with Crippen molar-refractivity contribution in [2.24, 2.45) is 0 Å². The highest BCUT2D eigenvalue weighted by molar-refractivity contribution is 6.70. The van der Waals surface area contributed by atoms with Crippen molar-refractivity contribution >= 4 is 41.7 Å². The molecule has 0 fully saturated rings. The average molecular weight is 280 g/mol. The van der Waals surface area contributed by atoms with Gasteiger partial charge in [-0.15, -0.1) is 0 Å². The Kier molecular flexibility index (Phi) is 3.28. The number of hydrogen-bond donors (Lipinski definition) is 0. The van der Waals surface area contributed by atoms with Crippen LogP contribution in [0.5, 0.6) is 0 Å². The Morgan fingerprint density at radius 2 is 1.60 bits per heavy atom. The summed E-state index contributed by atoms with van der Waals surface area (Å²) in [5, 5.41) is 6.04. The summed E-state index contributed by atoms with van der Waals surface area (Å²) in [5.41, 5.74) is 0. The number of rotatable bonds is 2. The number of fused-ring (bicyclic) bond motifs is 2. The smallest absolute Gasteiger partial charge is 0.289 e. The minimum absolute atomic E-state index is 0.193. The molecule has 0 aliphatic heterocycles. The lowest BCUT2D eigenvalue weighted by Gasteiger charge is -2.14. The first-order chi connectivity index (χ1) is 9.65. The van der Waals surface area contributed by atoms with Gasteiger partial charge in [-0.25, -0.2) is 0 Å². The van der Waals surface area contributed by atoms with E-state index in [2.05, 4.69) is 36.4 Å². The molecule has 0 aromatic heterocycles. The van der Waals surface area contributed by atoms with Crippen LogP contribution in [0.25, 0.3) is 21.5 Å². The van der Waals surface area contributed by atoms with Crippen LogP contribution in [-0.2, 0) is 9.22 Å². The molecule has 0 aliphatic carbocycles. The molecule has 0 bridgehead atoms. The quantitative estimate of drug-likeness (QED) is 0.532. The molecule has 20 heavy (non-hydrogen) atoms. The molecule has 0 aliphatic rings. The van der Waals surface area contributed by atoms with Gasteiger partial charge in [0.1, 0.15) is 0 Å². The van der Waals surface area contributed by atoms with E-state index in [1.54, 1.807) is 0 Å². The van der Waals surface area contributed by atoms with Gasteiger partial charge < -0.3 is 4.43 Å². The zero-order valence-corrected chi connectivity index (χ0v) is 12.7. The number of benzene rings is 3. The summed E-state index contributed by atoms with van der Waals surface area (Å²) in [6, 6.07) is 19.0. The monoisotopic (exact) mass is 280 g/mol. The molecule has 1 unspecified atom stereocenters. The predicted molar refractivity (Wildman–Crippen MR) is 85.9 cm³/mol. The van der Waals surface area contributed by atoms with Crippen molar-refractivity contribution in [2.75, 3.05) is 0 Å². The van der Waals surface area contributed by atoms with Crippen LogP contribution in [0.4, 0.5) is 0 Å². The van der Waals surface area contributed by atoms with Crippen LogP contribution in [0.1, 0.15) is 6.92 Å². The van der Waals surface area contributed by atoms with E-state index in [1.165, 1.54) is 33.7 Å². The first-order valence-corrected chi connectivity index (χ1v) is 8.94. The lowest BCUT2D eigenvalue weighted by atomic mass is 10.0. The van der Waals surface area contributed by atoms with Gasteiger partial charge in [0, 0.05) is 6.92 Å². The maximum Gasteiger partial charge on any atom is 0.289 e. The molecule has 0 heterocycles.